The molecule has 26 heavy (non-hydrogen) atoms. The Morgan fingerprint density at radius 1 is 1.35 bits per heavy atom. The van der Waals surface area contributed by atoms with Crippen molar-refractivity contribution in [3.05, 3.63) is 11.1 Å². The van der Waals surface area contributed by atoms with Gasteiger partial charge in [0, 0.05) is 17.5 Å². The van der Waals surface area contributed by atoms with Gasteiger partial charge in [-0.05, 0) is 26.2 Å². The van der Waals surface area contributed by atoms with E-state index in [4.69, 9.17) is 4.74 Å². The molecule has 1 aromatic rings. The number of rotatable bonds is 8. The van der Waals surface area contributed by atoms with Gasteiger partial charge in [0.25, 0.3) is 0 Å². The molecular weight excluding hydrogens is 396 g/mol. The number of ether oxygens (including phenoxy) is 1. The van der Waals surface area contributed by atoms with E-state index in [0.29, 0.717) is 18.7 Å². The molecule has 0 aromatic carbocycles. The molecule has 2 heterocycles. The lowest BCUT2D eigenvalue weighted by atomic mass is 10.2. The maximum absolute atomic E-state index is 12.7. The highest BCUT2D eigenvalue weighted by Crippen LogP contribution is 2.33. The van der Waals surface area contributed by atoms with Crippen LogP contribution in [-0.4, -0.2) is 66.1 Å². The standard InChI is InChI=1S/C16H22N2O5S3/c1-2-23-15(20)7-11-8-24-16(17-11)25-9-14(19)18(12-3-4-12)13-5-6-26(21,22)10-13/h8,12-13H,2-7,9-10H2,1H3/t13-/m0/s1. The lowest BCUT2D eigenvalue weighted by molar-refractivity contribution is -0.142. The zero-order valence-corrected chi connectivity index (χ0v) is 17.0. The van der Waals surface area contributed by atoms with E-state index in [9.17, 15) is 18.0 Å². The summed E-state index contributed by atoms with van der Waals surface area (Å²) in [6, 6.07) is 0.00772. The van der Waals surface area contributed by atoms with Gasteiger partial charge in [-0.15, -0.1) is 11.3 Å². The molecule has 0 unspecified atom stereocenters. The van der Waals surface area contributed by atoms with Crippen LogP contribution >= 0.6 is 23.1 Å². The molecule has 0 N–H and O–H groups in total. The predicted octanol–water partition coefficient (Wildman–Crippen LogP) is 1.52. The van der Waals surface area contributed by atoms with Crippen LogP contribution in [0.1, 0.15) is 31.9 Å². The van der Waals surface area contributed by atoms with Gasteiger partial charge >= 0.3 is 5.97 Å². The number of carbonyl (C=O) groups is 2. The van der Waals surface area contributed by atoms with Crippen LogP contribution in [0.3, 0.4) is 0 Å². The number of amides is 1. The molecule has 1 atom stereocenters. The molecule has 144 valence electrons. The van der Waals surface area contributed by atoms with Gasteiger partial charge in [-0.25, -0.2) is 13.4 Å². The van der Waals surface area contributed by atoms with Crippen LogP contribution in [0.15, 0.2) is 9.72 Å². The van der Waals surface area contributed by atoms with Crippen molar-refractivity contribution in [3.8, 4) is 0 Å². The molecule has 0 spiro atoms. The molecule has 1 saturated carbocycles. The number of sulfone groups is 1. The number of nitrogens with zero attached hydrogens (tertiary/aromatic N) is 2. The first-order valence-corrected chi connectivity index (χ1v) is 12.3. The first kappa shape index (κ1) is 19.6. The highest BCUT2D eigenvalue weighted by atomic mass is 32.2. The van der Waals surface area contributed by atoms with Crippen molar-refractivity contribution in [2.45, 2.75) is 49.0 Å². The number of thiazole rings is 1. The topological polar surface area (TPSA) is 93.6 Å². The van der Waals surface area contributed by atoms with Crippen LogP contribution in [0.2, 0.25) is 0 Å². The average Bonchev–Trinajstić information content (AvgIpc) is 3.19. The zero-order chi connectivity index (χ0) is 18.7. The third-order valence-electron chi connectivity index (χ3n) is 4.31. The quantitative estimate of drug-likeness (QED) is 0.467. The van der Waals surface area contributed by atoms with E-state index in [0.717, 1.165) is 17.2 Å². The molecule has 2 aliphatic rings. The van der Waals surface area contributed by atoms with Crippen LogP contribution in [0, 0.1) is 0 Å². The predicted molar refractivity (Wildman–Crippen MR) is 100 cm³/mol. The van der Waals surface area contributed by atoms with Crippen molar-refractivity contribution >= 4 is 44.8 Å². The molecule has 0 bridgehead atoms. The first-order valence-electron chi connectivity index (χ1n) is 8.62. The first-order chi connectivity index (χ1) is 12.4. The van der Waals surface area contributed by atoms with E-state index in [1.165, 1.54) is 23.1 Å². The van der Waals surface area contributed by atoms with E-state index < -0.39 is 9.84 Å². The van der Waals surface area contributed by atoms with E-state index >= 15 is 0 Å². The molecular formula is C16H22N2O5S3. The van der Waals surface area contributed by atoms with Crippen LogP contribution in [0.4, 0.5) is 0 Å². The van der Waals surface area contributed by atoms with E-state index in [1.54, 1.807) is 17.2 Å². The molecule has 1 aliphatic heterocycles. The molecule has 1 aromatic heterocycles. The Balaban J connectivity index is 1.54. The molecule has 1 amide bonds. The monoisotopic (exact) mass is 418 g/mol. The van der Waals surface area contributed by atoms with Gasteiger partial charge in [0.2, 0.25) is 5.91 Å². The second kappa shape index (κ2) is 8.26. The Kier molecular flexibility index (Phi) is 6.24. The minimum absolute atomic E-state index is 0.0262. The maximum Gasteiger partial charge on any atom is 0.311 e. The van der Waals surface area contributed by atoms with Gasteiger partial charge in [0.1, 0.15) is 0 Å². The minimum atomic E-state index is -3.01. The lowest BCUT2D eigenvalue weighted by Crippen LogP contribution is -2.43. The fraction of sp³-hybridized carbons (Fsp3) is 0.688. The Hall–Kier alpha value is -1.13. The molecule has 10 heteroatoms. The summed E-state index contributed by atoms with van der Waals surface area (Å²) in [5.74, 6) is 0.153. The second-order valence-electron chi connectivity index (χ2n) is 6.46. The number of esters is 1. The van der Waals surface area contributed by atoms with Crippen molar-refractivity contribution in [3.63, 3.8) is 0 Å². The summed E-state index contributed by atoms with van der Waals surface area (Å²) < 4.78 is 29.1. The molecule has 7 nitrogen and oxygen atoms in total. The van der Waals surface area contributed by atoms with Crippen molar-refractivity contribution < 1.29 is 22.7 Å². The highest BCUT2D eigenvalue weighted by molar-refractivity contribution is 8.01. The van der Waals surface area contributed by atoms with Gasteiger partial charge in [-0.3, -0.25) is 9.59 Å². The van der Waals surface area contributed by atoms with Crippen molar-refractivity contribution in [2.75, 3.05) is 23.9 Å². The largest absolute Gasteiger partial charge is 0.466 e. The number of carbonyl (C=O) groups excluding carboxylic acids is 2. The summed E-state index contributed by atoms with van der Waals surface area (Å²) in [7, 11) is -3.01. The summed E-state index contributed by atoms with van der Waals surface area (Å²) in [6.45, 7) is 2.10. The number of aromatic nitrogens is 1. The van der Waals surface area contributed by atoms with Gasteiger partial charge in [0.05, 0.1) is 36.0 Å². The molecule has 0 radical (unpaired) electrons. The molecule has 2 fully saturated rings. The zero-order valence-electron chi connectivity index (χ0n) is 14.5. The Labute approximate surface area is 161 Å². The van der Waals surface area contributed by atoms with Crippen molar-refractivity contribution in [1.29, 1.82) is 0 Å². The fourth-order valence-electron chi connectivity index (χ4n) is 3.05. The summed E-state index contributed by atoms with van der Waals surface area (Å²) in [4.78, 5) is 30.3. The number of hydrogen-bond donors (Lipinski definition) is 0. The minimum Gasteiger partial charge on any atom is -0.466 e. The van der Waals surface area contributed by atoms with E-state index in [-0.39, 0.29) is 47.6 Å². The second-order valence-corrected chi connectivity index (χ2v) is 10.8. The van der Waals surface area contributed by atoms with Crippen molar-refractivity contribution in [2.24, 2.45) is 0 Å². The Bertz CT molecular complexity index is 773. The Morgan fingerprint density at radius 2 is 2.12 bits per heavy atom. The normalized spacial score (nSPS) is 21.5. The Morgan fingerprint density at radius 3 is 2.73 bits per heavy atom. The number of hydrogen-bond acceptors (Lipinski definition) is 8. The van der Waals surface area contributed by atoms with Crippen molar-refractivity contribution in [1.82, 2.24) is 9.88 Å². The van der Waals surface area contributed by atoms with Gasteiger partial charge in [0.15, 0.2) is 14.2 Å². The summed E-state index contributed by atoms with van der Waals surface area (Å²) in [6.07, 6.45) is 2.57. The summed E-state index contributed by atoms with van der Waals surface area (Å²) in [5.41, 5.74) is 0.643. The van der Waals surface area contributed by atoms with E-state index in [1.807, 2.05) is 0 Å². The number of thioether (sulfide) groups is 1. The molecule has 3 rings (SSSR count). The van der Waals surface area contributed by atoms with Gasteiger partial charge in [-0.1, -0.05) is 11.8 Å². The average molecular weight is 419 g/mol. The molecule has 1 aliphatic carbocycles. The fourth-order valence-corrected chi connectivity index (χ4v) is 6.47. The third kappa shape index (κ3) is 5.20. The SMILES string of the molecule is CCOC(=O)Cc1csc(SCC(=O)N(C2CC2)[C@H]2CCS(=O)(=O)C2)n1. The lowest BCUT2D eigenvalue weighted by Gasteiger charge is -2.28. The highest BCUT2D eigenvalue weighted by Gasteiger charge is 2.41. The van der Waals surface area contributed by atoms with Crippen LogP contribution < -0.4 is 0 Å². The maximum atomic E-state index is 12.7. The molecule has 1 saturated heterocycles. The van der Waals surface area contributed by atoms with Gasteiger partial charge in [-0.2, -0.15) is 0 Å². The van der Waals surface area contributed by atoms with Crippen LogP contribution in [0.5, 0.6) is 0 Å². The van der Waals surface area contributed by atoms with Gasteiger partial charge < -0.3 is 9.64 Å². The smallest absolute Gasteiger partial charge is 0.311 e. The van der Waals surface area contributed by atoms with E-state index in [2.05, 4.69) is 4.98 Å². The summed E-state index contributed by atoms with van der Waals surface area (Å²) >= 11 is 2.73. The van der Waals surface area contributed by atoms with Crippen LogP contribution in [-0.2, 0) is 30.6 Å². The van der Waals surface area contributed by atoms with Crippen LogP contribution in [0.25, 0.3) is 0 Å². The third-order valence-corrected chi connectivity index (χ3v) is 8.12. The summed E-state index contributed by atoms with van der Waals surface area (Å²) in [5, 5.41) is 1.80.